The molecule has 98 valence electrons. The quantitative estimate of drug-likeness (QED) is 0.819. The smallest absolute Gasteiger partial charge is 0.0811 e. The molecule has 1 heterocycles. The Morgan fingerprint density at radius 3 is 3.00 bits per heavy atom. The van der Waals surface area contributed by atoms with Gasteiger partial charge in [-0.1, -0.05) is 0 Å². The monoisotopic (exact) mass is 310 g/mol. The summed E-state index contributed by atoms with van der Waals surface area (Å²) in [7, 11) is 3.72. The Morgan fingerprint density at radius 1 is 1.67 bits per heavy atom. The summed E-state index contributed by atoms with van der Waals surface area (Å²) in [5, 5.41) is 7.80. The first-order chi connectivity index (χ1) is 8.69. The minimum absolute atomic E-state index is 0.788. The Kier molecular flexibility index (Phi) is 4.58. The summed E-state index contributed by atoms with van der Waals surface area (Å²) in [5.41, 5.74) is 2.19. The zero-order valence-electron chi connectivity index (χ0n) is 10.9. The Bertz CT molecular complexity index is 458. The zero-order valence-corrected chi connectivity index (χ0v) is 12.4. The standard InChI is InChI=1S/C13H19BrN4/c1-15-6-11(8-16-7-10-3-4-10)5-13-12(14)9-18(2)17-13/h6,8-10,16H,3-5,7H2,1-2H3/b11-8-,15-6?. The fourth-order valence-corrected chi connectivity index (χ4v) is 2.31. The van der Waals surface area contributed by atoms with Gasteiger partial charge in [0.2, 0.25) is 0 Å². The van der Waals surface area contributed by atoms with Crippen LogP contribution in [0.3, 0.4) is 0 Å². The highest BCUT2D eigenvalue weighted by Crippen LogP contribution is 2.27. The lowest BCUT2D eigenvalue weighted by Gasteiger charge is -2.03. The van der Waals surface area contributed by atoms with Gasteiger partial charge in [-0.2, -0.15) is 5.10 Å². The first kappa shape index (κ1) is 13.3. The first-order valence-electron chi connectivity index (χ1n) is 6.21. The fraction of sp³-hybridized carbons (Fsp3) is 0.538. The molecular weight excluding hydrogens is 292 g/mol. The number of aliphatic imine (C=N–C) groups is 1. The number of aromatic nitrogens is 2. The number of rotatable bonds is 6. The van der Waals surface area contributed by atoms with Gasteiger partial charge in [0.15, 0.2) is 0 Å². The van der Waals surface area contributed by atoms with Crippen molar-refractivity contribution in [3.05, 3.63) is 28.1 Å². The van der Waals surface area contributed by atoms with Crippen LogP contribution in [-0.2, 0) is 13.5 Å². The highest BCUT2D eigenvalue weighted by Gasteiger charge is 2.19. The van der Waals surface area contributed by atoms with Crippen LogP contribution in [0.15, 0.2) is 27.4 Å². The van der Waals surface area contributed by atoms with Crippen LogP contribution in [0.2, 0.25) is 0 Å². The van der Waals surface area contributed by atoms with Crippen molar-refractivity contribution in [1.29, 1.82) is 0 Å². The first-order valence-corrected chi connectivity index (χ1v) is 7.01. The van der Waals surface area contributed by atoms with Crippen LogP contribution in [0, 0.1) is 5.92 Å². The molecule has 5 heteroatoms. The molecule has 1 saturated carbocycles. The highest BCUT2D eigenvalue weighted by atomic mass is 79.9. The summed E-state index contributed by atoms with van der Waals surface area (Å²) in [6, 6.07) is 0. The summed E-state index contributed by atoms with van der Waals surface area (Å²) in [4.78, 5) is 4.10. The van der Waals surface area contributed by atoms with Gasteiger partial charge in [-0.3, -0.25) is 9.67 Å². The van der Waals surface area contributed by atoms with Gasteiger partial charge in [0.25, 0.3) is 0 Å². The largest absolute Gasteiger partial charge is 0.390 e. The minimum Gasteiger partial charge on any atom is -0.390 e. The van der Waals surface area contributed by atoms with Gasteiger partial charge in [-0.15, -0.1) is 0 Å². The number of hydrogen-bond donors (Lipinski definition) is 1. The van der Waals surface area contributed by atoms with Crippen molar-refractivity contribution in [3.8, 4) is 0 Å². The van der Waals surface area contributed by atoms with Crippen LogP contribution in [0.25, 0.3) is 0 Å². The topological polar surface area (TPSA) is 42.2 Å². The lowest BCUT2D eigenvalue weighted by molar-refractivity contribution is 0.738. The van der Waals surface area contributed by atoms with E-state index in [4.69, 9.17) is 0 Å². The second kappa shape index (κ2) is 6.18. The van der Waals surface area contributed by atoms with Crippen LogP contribution in [0.1, 0.15) is 18.5 Å². The van der Waals surface area contributed by atoms with E-state index in [1.807, 2.05) is 24.1 Å². The molecule has 0 amide bonds. The summed E-state index contributed by atoms with van der Waals surface area (Å²) in [5.74, 6) is 0.877. The molecule has 4 nitrogen and oxygen atoms in total. The average Bonchev–Trinajstić information content (AvgIpc) is 3.06. The molecule has 0 aromatic carbocycles. The summed E-state index contributed by atoms with van der Waals surface area (Å²) in [6.07, 6.45) is 9.44. The Morgan fingerprint density at radius 2 is 2.44 bits per heavy atom. The molecule has 0 aliphatic heterocycles. The van der Waals surface area contributed by atoms with E-state index < -0.39 is 0 Å². The number of nitrogens with zero attached hydrogens (tertiary/aromatic N) is 3. The third-order valence-corrected chi connectivity index (χ3v) is 3.57. The van der Waals surface area contributed by atoms with E-state index in [2.05, 4.69) is 37.5 Å². The summed E-state index contributed by atoms with van der Waals surface area (Å²) < 4.78 is 2.86. The second-order valence-corrected chi connectivity index (χ2v) is 5.59. The van der Waals surface area contributed by atoms with Crippen molar-refractivity contribution in [2.45, 2.75) is 19.3 Å². The molecule has 1 fully saturated rings. The molecular formula is C13H19BrN4. The van der Waals surface area contributed by atoms with E-state index in [1.165, 1.54) is 12.8 Å². The summed E-state index contributed by atoms with van der Waals surface area (Å²) in [6.45, 7) is 1.07. The van der Waals surface area contributed by atoms with E-state index in [1.54, 1.807) is 7.05 Å². The maximum atomic E-state index is 4.43. The normalized spacial score (nSPS) is 16.5. The molecule has 0 bridgehead atoms. The minimum atomic E-state index is 0.788. The summed E-state index contributed by atoms with van der Waals surface area (Å²) >= 11 is 3.52. The third-order valence-electron chi connectivity index (χ3n) is 2.91. The molecule has 0 atom stereocenters. The molecule has 0 unspecified atom stereocenters. The van der Waals surface area contributed by atoms with Crippen molar-refractivity contribution in [3.63, 3.8) is 0 Å². The maximum Gasteiger partial charge on any atom is 0.0811 e. The van der Waals surface area contributed by atoms with E-state index in [9.17, 15) is 0 Å². The van der Waals surface area contributed by atoms with E-state index in [0.717, 1.165) is 34.6 Å². The van der Waals surface area contributed by atoms with Gasteiger partial charge in [0.05, 0.1) is 10.2 Å². The van der Waals surface area contributed by atoms with Crippen LogP contribution in [0.4, 0.5) is 0 Å². The molecule has 18 heavy (non-hydrogen) atoms. The fourth-order valence-electron chi connectivity index (χ4n) is 1.80. The van der Waals surface area contributed by atoms with Gasteiger partial charge in [0.1, 0.15) is 0 Å². The van der Waals surface area contributed by atoms with Crippen molar-refractivity contribution < 1.29 is 0 Å². The van der Waals surface area contributed by atoms with Crippen molar-refractivity contribution >= 4 is 22.1 Å². The zero-order chi connectivity index (χ0) is 13.0. The average molecular weight is 311 g/mol. The Labute approximate surface area is 116 Å². The molecule has 1 aromatic rings. The molecule has 0 saturated heterocycles. The molecule has 1 aromatic heterocycles. The second-order valence-electron chi connectivity index (χ2n) is 4.73. The lowest BCUT2D eigenvalue weighted by Crippen LogP contribution is -2.11. The highest BCUT2D eigenvalue weighted by molar-refractivity contribution is 9.10. The van der Waals surface area contributed by atoms with Gasteiger partial charge in [-0.05, 0) is 40.3 Å². The molecule has 2 rings (SSSR count). The van der Waals surface area contributed by atoms with Crippen LogP contribution < -0.4 is 5.32 Å². The van der Waals surface area contributed by atoms with Crippen molar-refractivity contribution in [2.75, 3.05) is 13.6 Å². The van der Waals surface area contributed by atoms with Gasteiger partial charge >= 0.3 is 0 Å². The van der Waals surface area contributed by atoms with E-state index in [0.29, 0.717) is 0 Å². The van der Waals surface area contributed by atoms with E-state index in [-0.39, 0.29) is 0 Å². The van der Waals surface area contributed by atoms with E-state index >= 15 is 0 Å². The molecule has 1 aliphatic carbocycles. The Balaban J connectivity index is 1.97. The van der Waals surface area contributed by atoms with Crippen molar-refractivity contribution in [2.24, 2.45) is 18.0 Å². The van der Waals surface area contributed by atoms with Gasteiger partial charge in [0, 0.05) is 45.7 Å². The Hall–Kier alpha value is -1.10. The predicted octanol–water partition coefficient (Wildman–Crippen LogP) is 2.31. The number of aryl methyl sites for hydroxylation is 1. The molecule has 1 N–H and O–H groups in total. The van der Waals surface area contributed by atoms with Gasteiger partial charge in [-0.25, -0.2) is 0 Å². The van der Waals surface area contributed by atoms with Crippen LogP contribution in [0.5, 0.6) is 0 Å². The number of nitrogens with one attached hydrogen (secondary N) is 1. The molecule has 1 aliphatic rings. The number of allylic oxidation sites excluding steroid dienone is 1. The maximum absolute atomic E-state index is 4.43. The lowest BCUT2D eigenvalue weighted by atomic mass is 10.2. The third kappa shape index (κ3) is 3.98. The molecule has 0 spiro atoms. The van der Waals surface area contributed by atoms with Gasteiger partial charge < -0.3 is 5.32 Å². The van der Waals surface area contributed by atoms with Crippen LogP contribution in [-0.4, -0.2) is 29.6 Å². The molecule has 0 radical (unpaired) electrons. The predicted molar refractivity (Wildman–Crippen MR) is 77.8 cm³/mol. The van der Waals surface area contributed by atoms with Crippen LogP contribution >= 0.6 is 15.9 Å². The SMILES string of the molecule is CN=C/C(=C\NCC1CC1)Cc1nn(C)cc1Br. The van der Waals surface area contributed by atoms with Crippen molar-refractivity contribution in [1.82, 2.24) is 15.1 Å². The number of halogens is 1. The number of hydrogen-bond acceptors (Lipinski definition) is 3.